The molecular weight excluding hydrogens is 401 g/mol. The molecule has 1 aliphatic rings. The molecule has 28 heavy (non-hydrogen) atoms. The van der Waals surface area contributed by atoms with Crippen molar-refractivity contribution >= 4 is 34.8 Å². The Bertz CT molecular complexity index is 1080. The number of fused-ring (bicyclic) bond motifs is 1. The van der Waals surface area contributed by atoms with Gasteiger partial charge in [-0.15, -0.1) is 0 Å². The number of amides is 1. The van der Waals surface area contributed by atoms with Crippen molar-refractivity contribution in [3.63, 3.8) is 0 Å². The fraction of sp³-hybridized carbons (Fsp3) is 0.200. The van der Waals surface area contributed by atoms with E-state index in [-0.39, 0.29) is 12.7 Å². The fourth-order valence-electron chi connectivity index (χ4n) is 3.07. The van der Waals surface area contributed by atoms with Crippen LogP contribution in [-0.2, 0) is 6.54 Å². The van der Waals surface area contributed by atoms with Crippen molar-refractivity contribution in [1.82, 2.24) is 9.78 Å². The van der Waals surface area contributed by atoms with Crippen molar-refractivity contribution < 1.29 is 14.3 Å². The minimum atomic E-state index is -0.242. The van der Waals surface area contributed by atoms with E-state index in [9.17, 15) is 4.79 Å². The molecule has 0 atom stereocenters. The molecule has 8 heteroatoms. The van der Waals surface area contributed by atoms with Gasteiger partial charge in [-0.25, -0.2) is 0 Å². The highest BCUT2D eigenvalue weighted by Gasteiger charge is 2.19. The van der Waals surface area contributed by atoms with Crippen molar-refractivity contribution in [2.75, 3.05) is 12.1 Å². The van der Waals surface area contributed by atoms with Gasteiger partial charge in [0.1, 0.15) is 0 Å². The molecule has 2 heterocycles. The van der Waals surface area contributed by atoms with Gasteiger partial charge in [-0.3, -0.25) is 9.48 Å². The fourth-order valence-corrected chi connectivity index (χ4v) is 3.53. The van der Waals surface area contributed by atoms with Crippen LogP contribution in [0.2, 0.25) is 10.0 Å². The molecule has 0 saturated heterocycles. The van der Waals surface area contributed by atoms with Gasteiger partial charge in [0, 0.05) is 15.6 Å². The van der Waals surface area contributed by atoms with E-state index < -0.39 is 0 Å². The van der Waals surface area contributed by atoms with Crippen LogP contribution in [0.1, 0.15) is 27.3 Å². The molecule has 0 aliphatic carbocycles. The van der Waals surface area contributed by atoms with E-state index in [1.165, 1.54) is 0 Å². The lowest BCUT2D eigenvalue weighted by atomic mass is 10.2. The van der Waals surface area contributed by atoms with Crippen molar-refractivity contribution in [3.8, 4) is 11.5 Å². The summed E-state index contributed by atoms with van der Waals surface area (Å²) in [7, 11) is 0. The zero-order chi connectivity index (χ0) is 19.8. The summed E-state index contributed by atoms with van der Waals surface area (Å²) in [4.78, 5) is 12.7. The molecule has 0 radical (unpaired) electrons. The molecule has 1 N–H and O–H groups in total. The van der Waals surface area contributed by atoms with Gasteiger partial charge in [-0.05, 0) is 49.7 Å². The number of carbonyl (C=O) groups is 1. The molecule has 0 saturated carbocycles. The number of rotatable bonds is 4. The second kappa shape index (κ2) is 7.37. The van der Waals surface area contributed by atoms with Gasteiger partial charge < -0.3 is 14.8 Å². The van der Waals surface area contributed by atoms with Gasteiger partial charge in [0.25, 0.3) is 5.91 Å². The minimum Gasteiger partial charge on any atom is -0.454 e. The first-order chi connectivity index (χ1) is 13.4. The molecule has 6 nitrogen and oxygen atoms in total. The number of hydrogen-bond acceptors (Lipinski definition) is 4. The molecule has 1 amide bonds. The summed E-state index contributed by atoms with van der Waals surface area (Å²) in [5.41, 5.74) is 3.60. The van der Waals surface area contributed by atoms with Crippen molar-refractivity contribution in [2.45, 2.75) is 20.4 Å². The predicted octanol–water partition coefficient (Wildman–Crippen LogP) is 4.84. The number of hydrogen-bond donors (Lipinski definition) is 1. The van der Waals surface area contributed by atoms with Crippen LogP contribution in [0, 0.1) is 13.8 Å². The molecule has 2 aromatic carbocycles. The summed E-state index contributed by atoms with van der Waals surface area (Å²) in [5, 5.41) is 8.64. The Balaban J connectivity index is 1.56. The first kappa shape index (κ1) is 18.7. The van der Waals surface area contributed by atoms with E-state index in [1.54, 1.807) is 35.0 Å². The van der Waals surface area contributed by atoms with Crippen LogP contribution >= 0.6 is 23.2 Å². The molecule has 0 spiro atoms. The summed E-state index contributed by atoms with van der Waals surface area (Å²) in [6.07, 6.45) is 0. The van der Waals surface area contributed by atoms with Gasteiger partial charge in [0.05, 0.1) is 23.6 Å². The average Bonchev–Trinajstić information content (AvgIpc) is 3.23. The molecule has 0 unspecified atom stereocenters. The molecule has 3 aromatic rings. The van der Waals surface area contributed by atoms with Gasteiger partial charge in [-0.2, -0.15) is 5.10 Å². The number of benzene rings is 2. The van der Waals surface area contributed by atoms with Crippen LogP contribution in [0.3, 0.4) is 0 Å². The number of nitrogens with one attached hydrogen (secondary N) is 1. The summed E-state index contributed by atoms with van der Waals surface area (Å²) >= 11 is 12.2. The Labute approximate surface area is 172 Å². The molecular formula is C20H17Cl2N3O3. The number of ether oxygens (including phenoxy) is 2. The zero-order valence-electron chi connectivity index (χ0n) is 15.3. The highest BCUT2D eigenvalue weighted by atomic mass is 35.5. The zero-order valence-corrected chi connectivity index (χ0v) is 16.8. The summed E-state index contributed by atoms with van der Waals surface area (Å²) in [6, 6.07) is 10.4. The first-order valence-electron chi connectivity index (χ1n) is 8.61. The van der Waals surface area contributed by atoms with Crippen LogP contribution in [0.4, 0.5) is 5.69 Å². The van der Waals surface area contributed by atoms with Crippen LogP contribution in [0.5, 0.6) is 11.5 Å². The van der Waals surface area contributed by atoms with E-state index in [2.05, 4.69) is 10.4 Å². The number of nitrogens with zero attached hydrogens (tertiary/aromatic N) is 2. The number of carbonyl (C=O) groups excluding carboxylic acids is 1. The summed E-state index contributed by atoms with van der Waals surface area (Å²) in [6.45, 7) is 4.39. The molecule has 144 valence electrons. The highest BCUT2D eigenvalue weighted by molar-refractivity contribution is 6.35. The van der Waals surface area contributed by atoms with E-state index in [0.29, 0.717) is 39.3 Å². The van der Waals surface area contributed by atoms with Crippen LogP contribution in [0.15, 0.2) is 36.4 Å². The number of aryl methyl sites for hydroxylation is 1. The average molecular weight is 418 g/mol. The maximum atomic E-state index is 12.7. The topological polar surface area (TPSA) is 65.4 Å². The maximum Gasteiger partial charge on any atom is 0.255 e. The quantitative estimate of drug-likeness (QED) is 0.659. The molecule has 1 aromatic heterocycles. The Morgan fingerprint density at radius 2 is 1.93 bits per heavy atom. The number of anilines is 1. The third-order valence-corrected chi connectivity index (χ3v) is 5.18. The van der Waals surface area contributed by atoms with E-state index in [1.807, 2.05) is 19.9 Å². The van der Waals surface area contributed by atoms with Gasteiger partial charge in [-0.1, -0.05) is 29.3 Å². The van der Waals surface area contributed by atoms with Crippen molar-refractivity contribution in [3.05, 3.63) is 69.0 Å². The smallest absolute Gasteiger partial charge is 0.255 e. The van der Waals surface area contributed by atoms with E-state index >= 15 is 0 Å². The number of aromatic nitrogens is 2. The lowest BCUT2D eigenvalue weighted by Gasteiger charge is -2.09. The third kappa shape index (κ3) is 3.53. The monoisotopic (exact) mass is 417 g/mol. The Kier molecular flexibility index (Phi) is 4.91. The SMILES string of the molecule is Cc1nn(Cc2ccc(Cl)cc2Cl)c(C)c1NC(=O)c1ccc2c(c1)OCO2. The van der Waals surface area contributed by atoms with Crippen LogP contribution in [0.25, 0.3) is 0 Å². The molecule has 0 fully saturated rings. The van der Waals surface area contributed by atoms with E-state index in [0.717, 1.165) is 17.0 Å². The summed E-state index contributed by atoms with van der Waals surface area (Å²) < 4.78 is 12.4. The lowest BCUT2D eigenvalue weighted by molar-refractivity contribution is 0.102. The van der Waals surface area contributed by atoms with Gasteiger partial charge in [0.2, 0.25) is 6.79 Å². The van der Waals surface area contributed by atoms with Crippen molar-refractivity contribution in [2.24, 2.45) is 0 Å². The highest BCUT2D eigenvalue weighted by Crippen LogP contribution is 2.33. The van der Waals surface area contributed by atoms with Crippen LogP contribution in [-0.4, -0.2) is 22.5 Å². The Hall–Kier alpha value is -2.70. The van der Waals surface area contributed by atoms with E-state index in [4.69, 9.17) is 32.7 Å². The predicted molar refractivity (Wildman–Crippen MR) is 108 cm³/mol. The Morgan fingerprint density at radius 1 is 1.14 bits per heavy atom. The minimum absolute atomic E-state index is 0.165. The van der Waals surface area contributed by atoms with Gasteiger partial charge >= 0.3 is 0 Å². The Morgan fingerprint density at radius 3 is 2.71 bits per heavy atom. The van der Waals surface area contributed by atoms with Crippen molar-refractivity contribution in [1.29, 1.82) is 0 Å². The summed E-state index contributed by atoms with van der Waals surface area (Å²) in [5.74, 6) is 0.958. The lowest BCUT2D eigenvalue weighted by Crippen LogP contribution is -2.13. The standard InChI is InChI=1S/C20H17Cl2N3O3/c1-11-19(23-20(26)13-4-6-17-18(7-13)28-10-27-17)12(2)25(24-11)9-14-3-5-15(21)8-16(14)22/h3-8H,9-10H2,1-2H3,(H,23,26). The first-order valence-corrected chi connectivity index (χ1v) is 9.37. The number of halogens is 2. The van der Waals surface area contributed by atoms with Crippen LogP contribution < -0.4 is 14.8 Å². The largest absolute Gasteiger partial charge is 0.454 e. The third-order valence-electron chi connectivity index (χ3n) is 4.59. The second-order valence-corrected chi connectivity index (χ2v) is 7.31. The normalized spacial score (nSPS) is 12.3. The molecule has 4 rings (SSSR count). The molecule has 1 aliphatic heterocycles. The maximum absolute atomic E-state index is 12.7. The molecule has 0 bridgehead atoms. The van der Waals surface area contributed by atoms with Gasteiger partial charge in [0.15, 0.2) is 11.5 Å². The second-order valence-electron chi connectivity index (χ2n) is 6.46.